The van der Waals surface area contributed by atoms with E-state index < -0.39 is 10.2 Å². The van der Waals surface area contributed by atoms with Gasteiger partial charge in [-0.1, -0.05) is 6.92 Å². The number of nitrogens with zero attached hydrogens (tertiary/aromatic N) is 4. The highest BCUT2D eigenvalue weighted by molar-refractivity contribution is 7.87. The van der Waals surface area contributed by atoms with Crippen molar-refractivity contribution in [1.29, 1.82) is 0 Å². The maximum absolute atomic E-state index is 12.4. The first kappa shape index (κ1) is 16.3. The maximum Gasteiger partial charge on any atom is 0.280 e. The third kappa shape index (κ3) is 4.00. The van der Waals surface area contributed by atoms with Gasteiger partial charge in [-0.3, -0.25) is 0 Å². The van der Waals surface area contributed by atoms with Crippen molar-refractivity contribution in [3.8, 4) is 0 Å². The molecular weight excluding hydrogens is 294 g/mol. The van der Waals surface area contributed by atoms with Crippen LogP contribution in [0.1, 0.15) is 32.0 Å². The number of hydrogen-bond donors (Lipinski definition) is 1. The molecule has 1 N–H and O–H groups in total. The van der Waals surface area contributed by atoms with Crippen molar-refractivity contribution in [2.75, 3.05) is 20.3 Å². The smallest absolute Gasteiger partial charge is 0.280 e. The Bertz CT molecular complexity index is 545. The average Bonchev–Trinajstić information content (AvgIpc) is 3.07. The second kappa shape index (κ2) is 7.30. The predicted molar refractivity (Wildman–Crippen MR) is 77.7 cm³/mol. The van der Waals surface area contributed by atoms with Gasteiger partial charge in [0.2, 0.25) is 0 Å². The molecule has 1 fully saturated rings. The third-order valence-corrected chi connectivity index (χ3v) is 5.17. The quantitative estimate of drug-likeness (QED) is 0.736. The van der Waals surface area contributed by atoms with Crippen LogP contribution in [0, 0.1) is 0 Å². The molecule has 8 nitrogen and oxygen atoms in total. The van der Waals surface area contributed by atoms with Crippen LogP contribution >= 0.6 is 0 Å². The Morgan fingerprint density at radius 3 is 3.05 bits per heavy atom. The summed E-state index contributed by atoms with van der Waals surface area (Å²) in [7, 11) is -1.93. The van der Waals surface area contributed by atoms with Gasteiger partial charge in [-0.05, 0) is 19.3 Å². The van der Waals surface area contributed by atoms with Crippen molar-refractivity contribution in [2.45, 2.75) is 45.3 Å². The molecule has 0 amide bonds. The Labute approximate surface area is 125 Å². The molecule has 9 heteroatoms. The van der Waals surface area contributed by atoms with Gasteiger partial charge < -0.3 is 9.30 Å². The van der Waals surface area contributed by atoms with E-state index in [1.165, 1.54) is 4.31 Å². The van der Waals surface area contributed by atoms with Crippen molar-refractivity contribution in [3.05, 3.63) is 12.2 Å². The molecule has 2 heterocycles. The first-order valence-corrected chi connectivity index (χ1v) is 8.64. The second-order valence-electron chi connectivity index (χ2n) is 5.13. The van der Waals surface area contributed by atoms with Gasteiger partial charge in [0.05, 0.1) is 13.2 Å². The van der Waals surface area contributed by atoms with E-state index in [0.717, 1.165) is 25.8 Å². The first-order chi connectivity index (χ1) is 10.1. The summed E-state index contributed by atoms with van der Waals surface area (Å²) in [6.45, 7) is 3.93. The fourth-order valence-electron chi connectivity index (χ4n) is 2.57. The highest BCUT2D eigenvalue weighted by atomic mass is 32.2. The normalized spacial score (nSPS) is 20.2. The molecule has 1 aromatic rings. The molecule has 2 rings (SSSR count). The van der Waals surface area contributed by atoms with Crippen molar-refractivity contribution in [3.63, 3.8) is 0 Å². The van der Waals surface area contributed by atoms with Crippen LogP contribution in [0.5, 0.6) is 0 Å². The summed E-state index contributed by atoms with van der Waals surface area (Å²) in [4.78, 5) is 0. The van der Waals surface area contributed by atoms with Gasteiger partial charge in [0.1, 0.15) is 12.2 Å². The zero-order chi connectivity index (χ0) is 15.3. The zero-order valence-electron chi connectivity index (χ0n) is 12.5. The Kier molecular flexibility index (Phi) is 5.68. The van der Waals surface area contributed by atoms with Crippen molar-refractivity contribution >= 4 is 10.2 Å². The molecule has 0 bridgehead atoms. The van der Waals surface area contributed by atoms with E-state index in [2.05, 4.69) is 14.9 Å². The average molecular weight is 317 g/mol. The fraction of sp³-hybridized carbons (Fsp3) is 0.833. The minimum atomic E-state index is -3.52. The fourth-order valence-corrected chi connectivity index (χ4v) is 3.97. The third-order valence-electron chi connectivity index (χ3n) is 3.56. The predicted octanol–water partition coefficient (Wildman–Crippen LogP) is 0.133. The van der Waals surface area contributed by atoms with E-state index >= 15 is 0 Å². The van der Waals surface area contributed by atoms with Crippen molar-refractivity contribution in [1.82, 2.24) is 23.8 Å². The van der Waals surface area contributed by atoms with Crippen LogP contribution in [-0.2, 0) is 28.0 Å². The monoisotopic (exact) mass is 317 g/mol. The molecule has 0 unspecified atom stereocenters. The van der Waals surface area contributed by atoms with E-state index in [4.69, 9.17) is 4.74 Å². The largest absolute Gasteiger partial charge is 0.383 e. The number of aromatic nitrogens is 3. The van der Waals surface area contributed by atoms with Crippen LogP contribution in [0.25, 0.3) is 0 Å². The second-order valence-corrected chi connectivity index (χ2v) is 6.84. The number of ether oxygens (including phenoxy) is 1. The van der Waals surface area contributed by atoms with E-state index in [9.17, 15) is 8.42 Å². The minimum absolute atomic E-state index is 0.0824. The Balaban J connectivity index is 1.99. The van der Waals surface area contributed by atoms with Crippen LogP contribution < -0.4 is 4.72 Å². The molecule has 0 aliphatic carbocycles. The van der Waals surface area contributed by atoms with Crippen molar-refractivity contribution < 1.29 is 13.2 Å². The minimum Gasteiger partial charge on any atom is -0.383 e. The molecule has 1 aromatic heterocycles. The Hall–Kier alpha value is -1.03. The van der Waals surface area contributed by atoms with E-state index in [1.807, 2.05) is 11.5 Å². The van der Waals surface area contributed by atoms with Gasteiger partial charge in [-0.15, -0.1) is 10.2 Å². The Morgan fingerprint density at radius 2 is 2.33 bits per heavy atom. The van der Waals surface area contributed by atoms with Crippen molar-refractivity contribution in [2.24, 2.45) is 0 Å². The molecule has 0 radical (unpaired) electrons. The van der Waals surface area contributed by atoms with Gasteiger partial charge in [0, 0.05) is 26.2 Å². The standard InChI is InChI=1S/C12H23N5O3S/c1-3-6-16-10-13-15-12(16)8-14-21(18,19)17-7-4-5-11(17)9-20-2/h10-11,14H,3-9H2,1-2H3/t11-/m1/s1. The van der Waals surface area contributed by atoms with Crippen LogP contribution in [0.4, 0.5) is 0 Å². The lowest BCUT2D eigenvalue weighted by Gasteiger charge is -2.23. The number of methoxy groups -OCH3 is 1. The number of hydrogen-bond acceptors (Lipinski definition) is 5. The molecular formula is C12H23N5O3S. The molecule has 1 aliphatic heterocycles. The molecule has 1 saturated heterocycles. The first-order valence-electron chi connectivity index (χ1n) is 7.20. The Morgan fingerprint density at radius 1 is 1.52 bits per heavy atom. The molecule has 0 aromatic carbocycles. The summed E-state index contributed by atoms with van der Waals surface area (Å²) >= 11 is 0. The van der Waals surface area contributed by atoms with Gasteiger partial charge >= 0.3 is 0 Å². The molecule has 0 spiro atoms. The summed E-state index contributed by atoms with van der Waals surface area (Å²) in [5, 5.41) is 7.79. The number of rotatable bonds is 8. The van der Waals surface area contributed by atoms with Gasteiger partial charge in [-0.2, -0.15) is 17.4 Å². The summed E-state index contributed by atoms with van der Waals surface area (Å²) in [6.07, 6.45) is 4.26. The molecule has 0 saturated carbocycles. The SMILES string of the molecule is CCCn1cnnc1CNS(=O)(=O)N1CCC[C@@H]1COC. The lowest BCUT2D eigenvalue weighted by atomic mass is 10.2. The maximum atomic E-state index is 12.4. The van der Waals surface area contributed by atoms with Crippen LogP contribution in [0.15, 0.2) is 6.33 Å². The lowest BCUT2D eigenvalue weighted by molar-refractivity contribution is 0.148. The zero-order valence-corrected chi connectivity index (χ0v) is 13.3. The summed E-state index contributed by atoms with van der Waals surface area (Å²) < 4.78 is 35.8. The van der Waals surface area contributed by atoms with E-state index in [0.29, 0.717) is 19.0 Å². The molecule has 1 aliphatic rings. The van der Waals surface area contributed by atoms with Crippen LogP contribution in [0.2, 0.25) is 0 Å². The van der Waals surface area contributed by atoms with E-state index in [1.54, 1.807) is 13.4 Å². The van der Waals surface area contributed by atoms with Gasteiger partial charge in [-0.25, -0.2) is 0 Å². The highest BCUT2D eigenvalue weighted by Crippen LogP contribution is 2.20. The number of nitrogens with one attached hydrogen (secondary N) is 1. The summed E-state index contributed by atoms with van der Waals surface area (Å²) in [6, 6.07) is -0.0824. The topological polar surface area (TPSA) is 89.3 Å². The lowest BCUT2D eigenvalue weighted by Crippen LogP contribution is -2.44. The van der Waals surface area contributed by atoms with Crippen LogP contribution in [0.3, 0.4) is 0 Å². The molecule has 120 valence electrons. The van der Waals surface area contributed by atoms with Gasteiger partial charge in [0.15, 0.2) is 0 Å². The van der Waals surface area contributed by atoms with Gasteiger partial charge in [0.25, 0.3) is 10.2 Å². The molecule has 1 atom stereocenters. The van der Waals surface area contributed by atoms with E-state index in [-0.39, 0.29) is 12.6 Å². The summed E-state index contributed by atoms with van der Waals surface area (Å²) in [5.41, 5.74) is 0. The highest BCUT2D eigenvalue weighted by Gasteiger charge is 2.34. The summed E-state index contributed by atoms with van der Waals surface area (Å²) in [5.74, 6) is 0.628. The molecule has 21 heavy (non-hydrogen) atoms. The van der Waals surface area contributed by atoms with Crippen LogP contribution in [-0.4, -0.2) is 53.8 Å². The number of aryl methyl sites for hydroxylation is 1.